The first-order valence-corrected chi connectivity index (χ1v) is 6.72. The van der Waals surface area contributed by atoms with Gasteiger partial charge in [0.15, 0.2) is 0 Å². The van der Waals surface area contributed by atoms with Crippen LogP contribution in [-0.4, -0.2) is 6.10 Å². The Bertz CT molecular complexity index is 141. The maximum atomic E-state index is 10.6. The van der Waals surface area contributed by atoms with Crippen molar-refractivity contribution in [2.24, 2.45) is 5.92 Å². The highest BCUT2D eigenvalue weighted by molar-refractivity contribution is 8.39. The van der Waals surface area contributed by atoms with E-state index in [0.29, 0.717) is 0 Å². The second-order valence-electron chi connectivity index (χ2n) is 3.24. The molecule has 0 bridgehead atoms. The average molecular weight is 209 g/mol. The van der Waals surface area contributed by atoms with Gasteiger partial charge in [0.2, 0.25) is 0 Å². The molecule has 0 fully saturated rings. The molecule has 0 aliphatic heterocycles. The molecule has 3 unspecified atom stereocenters. The van der Waals surface area contributed by atoms with Crippen LogP contribution >= 0.6 is 19.5 Å². The van der Waals surface area contributed by atoms with Crippen LogP contribution in [0.4, 0.5) is 0 Å². The Morgan fingerprint density at radius 1 is 1.42 bits per heavy atom. The third kappa shape index (κ3) is 7.08. The Balaban J connectivity index is 3.43. The zero-order valence-electron chi connectivity index (χ0n) is 7.99. The van der Waals surface area contributed by atoms with E-state index < -0.39 is 7.23 Å². The van der Waals surface area contributed by atoms with Crippen molar-refractivity contribution in [3.8, 4) is 0 Å². The fourth-order valence-corrected chi connectivity index (χ4v) is 1.83. The highest BCUT2D eigenvalue weighted by atomic mass is 32.7. The van der Waals surface area contributed by atoms with Gasteiger partial charge >= 0.3 is 7.23 Å². The second kappa shape index (κ2) is 6.88. The van der Waals surface area contributed by atoms with Crippen LogP contribution in [0.25, 0.3) is 0 Å². The lowest BCUT2D eigenvalue weighted by Gasteiger charge is -2.08. The Kier molecular flexibility index (Phi) is 7.11. The van der Waals surface area contributed by atoms with Crippen LogP contribution in [0, 0.1) is 5.92 Å². The summed E-state index contributed by atoms with van der Waals surface area (Å²) < 4.78 is 15.6. The van der Waals surface area contributed by atoms with Gasteiger partial charge in [-0.05, 0) is 30.2 Å². The van der Waals surface area contributed by atoms with Gasteiger partial charge in [-0.15, -0.1) is 4.52 Å². The van der Waals surface area contributed by atoms with Crippen molar-refractivity contribution in [2.45, 2.75) is 46.1 Å². The largest absolute Gasteiger partial charge is 0.582 e. The number of hydrogen-bond acceptors (Lipinski definition) is 2. The maximum absolute atomic E-state index is 10.6. The maximum Gasteiger partial charge on any atom is 0.582 e. The van der Waals surface area contributed by atoms with Gasteiger partial charge in [0, 0.05) is 0 Å². The van der Waals surface area contributed by atoms with Crippen molar-refractivity contribution < 1.29 is 9.09 Å². The van der Waals surface area contributed by atoms with Gasteiger partial charge in [0.05, 0.1) is 0 Å². The quantitative estimate of drug-likeness (QED) is 0.532. The highest BCUT2D eigenvalue weighted by Gasteiger charge is 2.16. The van der Waals surface area contributed by atoms with Gasteiger partial charge in [-0.2, -0.15) is 0 Å². The number of hydrogen-bond donors (Lipinski definition) is 1. The zero-order chi connectivity index (χ0) is 9.56. The van der Waals surface area contributed by atoms with E-state index in [9.17, 15) is 4.57 Å². The average Bonchev–Trinajstić information content (AvgIpc) is 1.99. The molecule has 72 valence electrons. The third-order valence-electron chi connectivity index (χ3n) is 2.03. The minimum absolute atomic E-state index is 0.0695. The lowest BCUT2D eigenvalue weighted by Crippen LogP contribution is -2.05. The summed E-state index contributed by atoms with van der Waals surface area (Å²) in [5, 5.41) is 0. The van der Waals surface area contributed by atoms with E-state index in [0.717, 1.165) is 18.8 Å². The molecule has 0 heterocycles. The molecular formula is C8H18O2PS+. The molecule has 0 aliphatic carbocycles. The second-order valence-corrected chi connectivity index (χ2v) is 4.91. The smallest absolute Gasteiger partial charge is 0.133 e. The Labute approximate surface area is 81.1 Å². The van der Waals surface area contributed by atoms with Gasteiger partial charge in [0.25, 0.3) is 0 Å². The molecule has 0 aliphatic rings. The van der Waals surface area contributed by atoms with E-state index in [4.69, 9.17) is 4.52 Å². The van der Waals surface area contributed by atoms with E-state index in [-0.39, 0.29) is 6.10 Å². The summed E-state index contributed by atoms with van der Waals surface area (Å²) >= 11 is 3.69. The van der Waals surface area contributed by atoms with Crippen molar-refractivity contribution in [1.82, 2.24) is 0 Å². The van der Waals surface area contributed by atoms with E-state index in [1.165, 1.54) is 6.42 Å². The van der Waals surface area contributed by atoms with Crippen molar-refractivity contribution in [2.75, 3.05) is 0 Å². The van der Waals surface area contributed by atoms with Crippen molar-refractivity contribution in [1.29, 1.82) is 0 Å². The lowest BCUT2D eigenvalue weighted by molar-refractivity contribution is 0.218. The van der Waals surface area contributed by atoms with Crippen LogP contribution in [0.5, 0.6) is 0 Å². The molecule has 0 rings (SSSR count). The molecule has 0 saturated carbocycles. The molecule has 12 heavy (non-hydrogen) atoms. The van der Waals surface area contributed by atoms with E-state index in [1.54, 1.807) is 0 Å². The molecule has 0 saturated heterocycles. The predicted octanol–water partition coefficient (Wildman–Crippen LogP) is 3.81. The first-order valence-electron chi connectivity index (χ1n) is 4.39. The summed E-state index contributed by atoms with van der Waals surface area (Å²) in [6.45, 7) is 6.33. The molecule has 0 spiro atoms. The first-order chi connectivity index (χ1) is 5.56. The van der Waals surface area contributed by atoms with E-state index in [2.05, 4.69) is 26.1 Å². The van der Waals surface area contributed by atoms with Crippen LogP contribution < -0.4 is 0 Å². The predicted molar refractivity (Wildman–Crippen MR) is 55.8 cm³/mol. The molecule has 2 nitrogen and oxygen atoms in total. The molecule has 0 N–H and O–H groups in total. The molecule has 0 aromatic rings. The van der Waals surface area contributed by atoms with Crippen LogP contribution in [0.1, 0.15) is 40.0 Å². The van der Waals surface area contributed by atoms with Gasteiger partial charge in [-0.3, -0.25) is 0 Å². The molecule has 0 amide bonds. The molecule has 0 aromatic carbocycles. The summed E-state index contributed by atoms with van der Waals surface area (Å²) in [6, 6.07) is 0. The van der Waals surface area contributed by atoms with Gasteiger partial charge in [-0.1, -0.05) is 20.3 Å². The summed E-state index contributed by atoms with van der Waals surface area (Å²) in [6.07, 6.45) is 3.37. The van der Waals surface area contributed by atoms with Crippen molar-refractivity contribution >= 4 is 19.5 Å². The summed E-state index contributed by atoms with van der Waals surface area (Å²) in [7, 11) is -1.73. The van der Waals surface area contributed by atoms with Crippen LogP contribution in [-0.2, 0) is 9.09 Å². The minimum atomic E-state index is -1.73. The van der Waals surface area contributed by atoms with E-state index >= 15 is 0 Å². The lowest BCUT2D eigenvalue weighted by atomic mass is 10.0. The monoisotopic (exact) mass is 209 g/mol. The fourth-order valence-electron chi connectivity index (χ4n) is 0.930. The van der Waals surface area contributed by atoms with Crippen LogP contribution in [0.3, 0.4) is 0 Å². The number of thiol groups is 1. The van der Waals surface area contributed by atoms with Crippen molar-refractivity contribution in [3.63, 3.8) is 0 Å². The van der Waals surface area contributed by atoms with Crippen molar-refractivity contribution in [3.05, 3.63) is 0 Å². The Morgan fingerprint density at radius 3 is 2.42 bits per heavy atom. The number of rotatable bonds is 6. The molecule has 0 radical (unpaired) electrons. The minimum Gasteiger partial charge on any atom is -0.133 e. The highest BCUT2D eigenvalue weighted by Crippen LogP contribution is 2.30. The first kappa shape index (κ1) is 12.4. The van der Waals surface area contributed by atoms with E-state index in [1.807, 2.05) is 6.92 Å². The SMILES string of the molecule is CCC(C)CCC(C)O[P+](=O)S. The Hall–Kier alpha value is 0.410. The summed E-state index contributed by atoms with van der Waals surface area (Å²) in [4.78, 5) is 0. The fraction of sp³-hybridized carbons (Fsp3) is 1.00. The molecular weight excluding hydrogens is 191 g/mol. The van der Waals surface area contributed by atoms with Crippen LogP contribution in [0.2, 0.25) is 0 Å². The Morgan fingerprint density at radius 2 is 2.00 bits per heavy atom. The zero-order valence-corrected chi connectivity index (χ0v) is 9.78. The third-order valence-corrected chi connectivity index (χ3v) is 2.86. The van der Waals surface area contributed by atoms with Gasteiger partial charge in [0.1, 0.15) is 18.4 Å². The molecule has 4 heteroatoms. The summed E-state index contributed by atoms with van der Waals surface area (Å²) in [5.41, 5.74) is 0. The standard InChI is InChI=1S/C8H17O2PS/c1-4-7(2)5-6-8(3)10-11(9)12/h7-8H,4-6H2,1-3H3/p+1. The topological polar surface area (TPSA) is 26.3 Å². The van der Waals surface area contributed by atoms with Gasteiger partial charge < -0.3 is 0 Å². The molecule has 0 aromatic heterocycles. The molecule has 3 atom stereocenters. The normalized spacial score (nSPS) is 17.2. The van der Waals surface area contributed by atoms with Crippen LogP contribution in [0.15, 0.2) is 0 Å². The summed E-state index contributed by atoms with van der Waals surface area (Å²) in [5.74, 6) is 0.730. The van der Waals surface area contributed by atoms with Gasteiger partial charge in [-0.25, -0.2) is 0 Å².